The number of hydrogen-bond acceptors (Lipinski definition) is 5. The smallest absolute Gasteiger partial charge is 0.273 e. The summed E-state index contributed by atoms with van der Waals surface area (Å²) in [6.45, 7) is 4.79. The number of H-pyrrole nitrogens is 1. The molecule has 2 unspecified atom stereocenters. The predicted molar refractivity (Wildman–Crippen MR) is 75.2 cm³/mol. The van der Waals surface area contributed by atoms with Gasteiger partial charge in [0.2, 0.25) is 10.0 Å². The lowest BCUT2D eigenvalue weighted by Gasteiger charge is -2.14. The Labute approximate surface area is 123 Å². The van der Waals surface area contributed by atoms with Crippen LogP contribution in [0.5, 0.6) is 0 Å². The Hall–Kier alpha value is -1.45. The van der Waals surface area contributed by atoms with Crippen molar-refractivity contribution in [3.05, 3.63) is 11.4 Å². The van der Waals surface area contributed by atoms with Crippen LogP contribution in [0, 0.1) is 5.92 Å². The standard InChI is InChI=1S/C12H20N4O4S/c1-3-9-11(21(13,18)19)10(16-15-9)12(17)14-6-8-4-5-20-7(8)2/h7-8H,3-6H2,1-2H3,(H,14,17)(H,15,16)(H2,13,18,19). The summed E-state index contributed by atoms with van der Waals surface area (Å²) >= 11 is 0. The molecule has 1 aliphatic heterocycles. The second-order valence-electron chi connectivity index (χ2n) is 5.11. The summed E-state index contributed by atoms with van der Waals surface area (Å²) in [5.41, 5.74) is 0.154. The van der Waals surface area contributed by atoms with E-state index in [1.807, 2.05) is 6.92 Å². The molecule has 1 fully saturated rings. The van der Waals surface area contributed by atoms with Gasteiger partial charge in [-0.3, -0.25) is 9.89 Å². The maximum atomic E-state index is 12.2. The quantitative estimate of drug-likeness (QED) is 0.691. The van der Waals surface area contributed by atoms with E-state index in [-0.39, 0.29) is 22.6 Å². The molecule has 0 spiro atoms. The molecule has 2 heterocycles. The first-order valence-electron chi connectivity index (χ1n) is 6.84. The van der Waals surface area contributed by atoms with Crippen LogP contribution in [0.3, 0.4) is 0 Å². The molecule has 118 valence electrons. The fourth-order valence-electron chi connectivity index (χ4n) is 2.42. The van der Waals surface area contributed by atoms with Gasteiger partial charge in [-0.1, -0.05) is 6.92 Å². The van der Waals surface area contributed by atoms with Crippen LogP contribution in [0.2, 0.25) is 0 Å². The number of aromatic amines is 1. The van der Waals surface area contributed by atoms with E-state index < -0.39 is 15.9 Å². The average Bonchev–Trinajstić information content (AvgIpc) is 3.01. The highest BCUT2D eigenvalue weighted by molar-refractivity contribution is 7.89. The van der Waals surface area contributed by atoms with Crippen molar-refractivity contribution in [2.75, 3.05) is 13.2 Å². The minimum atomic E-state index is -4.01. The molecule has 0 bridgehead atoms. The highest BCUT2D eigenvalue weighted by Crippen LogP contribution is 2.20. The van der Waals surface area contributed by atoms with Gasteiger partial charge in [-0.2, -0.15) is 5.10 Å². The molecule has 1 aromatic heterocycles. The van der Waals surface area contributed by atoms with Crippen LogP contribution in [0.25, 0.3) is 0 Å². The van der Waals surface area contributed by atoms with Crippen molar-refractivity contribution in [2.45, 2.75) is 37.7 Å². The Balaban J connectivity index is 2.14. The zero-order chi connectivity index (χ0) is 15.6. The lowest BCUT2D eigenvalue weighted by Crippen LogP contribution is -2.33. The first-order chi connectivity index (χ1) is 9.84. The summed E-state index contributed by atoms with van der Waals surface area (Å²) in [5.74, 6) is -0.328. The topological polar surface area (TPSA) is 127 Å². The second kappa shape index (κ2) is 6.12. The van der Waals surface area contributed by atoms with Crippen LogP contribution in [-0.2, 0) is 21.2 Å². The van der Waals surface area contributed by atoms with Crippen molar-refractivity contribution in [3.63, 3.8) is 0 Å². The van der Waals surface area contributed by atoms with E-state index in [9.17, 15) is 13.2 Å². The monoisotopic (exact) mass is 316 g/mol. The molecule has 8 nitrogen and oxygen atoms in total. The summed E-state index contributed by atoms with van der Waals surface area (Å²) in [7, 11) is -4.01. The summed E-state index contributed by atoms with van der Waals surface area (Å²) in [4.78, 5) is 11.9. The number of ether oxygens (including phenoxy) is 1. The summed E-state index contributed by atoms with van der Waals surface area (Å²) in [5, 5.41) is 14.2. The van der Waals surface area contributed by atoms with E-state index >= 15 is 0 Å². The lowest BCUT2D eigenvalue weighted by molar-refractivity contribution is 0.0900. The number of carbonyl (C=O) groups excluding carboxylic acids is 1. The van der Waals surface area contributed by atoms with Gasteiger partial charge in [-0.15, -0.1) is 0 Å². The molecular formula is C12H20N4O4S. The van der Waals surface area contributed by atoms with Crippen molar-refractivity contribution in [1.82, 2.24) is 15.5 Å². The maximum Gasteiger partial charge on any atom is 0.273 e. The molecule has 9 heteroatoms. The first-order valence-corrected chi connectivity index (χ1v) is 8.39. The Morgan fingerprint density at radius 2 is 2.29 bits per heavy atom. The number of rotatable bonds is 5. The summed E-state index contributed by atoms with van der Waals surface area (Å²) in [6, 6.07) is 0. The van der Waals surface area contributed by atoms with Gasteiger partial charge in [0.1, 0.15) is 4.90 Å². The first kappa shape index (κ1) is 15.9. The number of nitrogens with two attached hydrogens (primary N) is 1. The number of hydrogen-bond donors (Lipinski definition) is 3. The number of aromatic nitrogens is 2. The fraction of sp³-hybridized carbons (Fsp3) is 0.667. The Kier molecular flexibility index (Phi) is 4.64. The minimum absolute atomic E-state index is 0.0772. The maximum absolute atomic E-state index is 12.2. The third-order valence-corrected chi connectivity index (χ3v) is 4.71. The van der Waals surface area contributed by atoms with Gasteiger partial charge in [0.15, 0.2) is 5.69 Å². The van der Waals surface area contributed by atoms with E-state index in [0.717, 1.165) is 6.42 Å². The summed E-state index contributed by atoms with van der Waals surface area (Å²) < 4.78 is 28.7. The molecule has 1 amide bonds. The zero-order valence-electron chi connectivity index (χ0n) is 12.0. The molecule has 2 rings (SSSR count). The van der Waals surface area contributed by atoms with Crippen molar-refractivity contribution < 1.29 is 17.9 Å². The number of sulfonamides is 1. The zero-order valence-corrected chi connectivity index (χ0v) is 12.9. The molecule has 1 aromatic rings. The Bertz CT molecular complexity index is 625. The van der Waals surface area contributed by atoms with Gasteiger partial charge >= 0.3 is 0 Å². The summed E-state index contributed by atoms with van der Waals surface area (Å²) in [6.07, 6.45) is 1.33. The van der Waals surface area contributed by atoms with Crippen LogP contribution in [0.15, 0.2) is 4.90 Å². The fourth-order valence-corrected chi connectivity index (χ4v) is 3.36. The van der Waals surface area contributed by atoms with E-state index in [0.29, 0.717) is 25.3 Å². The Morgan fingerprint density at radius 3 is 2.81 bits per heavy atom. The number of amides is 1. The average molecular weight is 316 g/mol. The molecule has 0 saturated carbocycles. The minimum Gasteiger partial charge on any atom is -0.378 e. The van der Waals surface area contributed by atoms with E-state index in [2.05, 4.69) is 15.5 Å². The lowest BCUT2D eigenvalue weighted by atomic mass is 10.0. The normalized spacial score (nSPS) is 22.4. The van der Waals surface area contributed by atoms with Gasteiger partial charge in [0.05, 0.1) is 11.8 Å². The largest absolute Gasteiger partial charge is 0.378 e. The molecule has 21 heavy (non-hydrogen) atoms. The van der Waals surface area contributed by atoms with E-state index in [1.54, 1.807) is 6.92 Å². The molecule has 1 saturated heterocycles. The highest BCUT2D eigenvalue weighted by atomic mass is 32.2. The number of carbonyl (C=O) groups is 1. The SMILES string of the molecule is CCc1[nH]nc(C(=O)NCC2CCOC2C)c1S(N)(=O)=O. The highest BCUT2D eigenvalue weighted by Gasteiger charge is 2.29. The third-order valence-electron chi connectivity index (χ3n) is 3.70. The van der Waals surface area contributed by atoms with Gasteiger partial charge in [-0.25, -0.2) is 13.6 Å². The molecule has 0 radical (unpaired) electrons. The van der Waals surface area contributed by atoms with Crippen LogP contribution in [0.1, 0.15) is 36.5 Å². The molecule has 1 aliphatic rings. The predicted octanol–water partition coefficient (Wildman–Crippen LogP) is -0.226. The van der Waals surface area contributed by atoms with Gasteiger partial charge in [0.25, 0.3) is 5.91 Å². The van der Waals surface area contributed by atoms with Gasteiger partial charge in [-0.05, 0) is 19.8 Å². The van der Waals surface area contributed by atoms with E-state index in [1.165, 1.54) is 0 Å². The van der Waals surface area contributed by atoms with E-state index in [4.69, 9.17) is 9.88 Å². The van der Waals surface area contributed by atoms with Crippen molar-refractivity contribution in [2.24, 2.45) is 11.1 Å². The van der Waals surface area contributed by atoms with Crippen LogP contribution < -0.4 is 10.5 Å². The van der Waals surface area contributed by atoms with Crippen LogP contribution in [-0.4, -0.2) is 43.8 Å². The molecule has 2 atom stereocenters. The van der Waals surface area contributed by atoms with Gasteiger partial charge < -0.3 is 10.1 Å². The number of nitrogens with zero attached hydrogens (tertiary/aromatic N) is 1. The van der Waals surface area contributed by atoms with Crippen molar-refractivity contribution >= 4 is 15.9 Å². The van der Waals surface area contributed by atoms with Crippen LogP contribution in [0.4, 0.5) is 0 Å². The molecule has 0 aromatic carbocycles. The van der Waals surface area contributed by atoms with Crippen LogP contribution >= 0.6 is 0 Å². The molecular weight excluding hydrogens is 296 g/mol. The third kappa shape index (κ3) is 3.42. The molecule has 4 N–H and O–H groups in total. The molecule has 0 aliphatic carbocycles. The van der Waals surface area contributed by atoms with Crippen molar-refractivity contribution in [3.8, 4) is 0 Å². The number of aryl methyl sites for hydroxylation is 1. The number of primary sulfonamides is 1. The Morgan fingerprint density at radius 1 is 1.57 bits per heavy atom. The number of nitrogens with one attached hydrogen (secondary N) is 2. The van der Waals surface area contributed by atoms with Crippen molar-refractivity contribution in [1.29, 1.82) is 0 Å². The second-order valence-corrected chi connectivity index (χ2v) is 6.61. The van der Waals surface area contributed by atoms with Gasteiger partial charge in [0, 0.05) is 19.1 Å².